The molecule has 2 aromatic carbocycles. The molecule has 0 aliphatic heterocycles. The van der Waals surface area contributed by atoms with Crippen LogP contribution in [0.25, 0.3) is 0 Å². The zero-order valence-corrected chi connectivity index (χ0v) is 18.4. The summed E-state index contributed by atoms with van der Waals surface area (Å²) in [5.74, 6) is 0. The first-order valence-corrected chi connectivity index (χ1v) is 9.83. The van der Waals surface area contributed by atoms with Gasteiger partial charge in [0.1, 0.15) is 20.2 Å². The Hall–Kier alpha value is 0.480. The van der Waals surface area contributed by atoms with E-state index < -0.39 is 20.2 Å². The van der Waals surface area contributed by atoms with Crippen molar-refractivity contribution >= 4 is 89.8 Å². The summed E-state index contributed by atoms with van der Waals surface area (Å²) < 4.78 is 63.6. The van der Waals surface area contributed by atoms with Gasteiger partial charge in [0.15, 0.2) is 0 Å². The smallest absolute Gasteiger partial charge is 0.744 e. The van der Waals surface area contributed by atoms with Gasteiger partial charge in [0, 0.05) is 8.95 Å². The molecule has 0 radical (unpaired) electrons. The summed E-state index contributed by atoms with van der Waals surface area (Å²) in [5, 5.41) is 0. The molecule has 0 saturated carbocycles. The van der Waals surface area contributed by atoms with Crippen molar-refractivity contribution in [2.75, 3.05) is 0 Å². The first-order chi connectivity index (χ1) is 10.00. The first-order valence-electron chi connectivity index (χ1n) is 5.43. The molecule has 0 fully saturated rings. The molecule has 0 N–H and O–H groups in total. The van der Waals surface area contributed by atoms with Gasteiger partial charge in [-0.3, -0.25) is 0 Å². The van der Waals surface area contributed by atoms with Crippen molar-refractivity contribution in [3.05, 3.63) is 57.5 Å². The topological polar surface area (TPSA) is 114 Å². The third-order valence-corrected chi connectivity index (χ3v) is 4.82. The quantitative estimate of drug-likeness (QED) is 0.451. The van der Waals surface area contributed by atoms with Crippen LogP contribution in [0.5, 0.6) is 0 Å². The molecule has 0 aliphatic carbocycles. The molecule has 0 atom stereocenters. The van der Waals surface area contributed by atoms with Gasteiger partial charge in [-0.25, -0.2) is 16.8 Å². The van der Waals surface area contributed by atoms with Crippen molar-refractivity contribution in [1.82, 2.24) is 0 Å². The van der Waals surface area contributed by atoms with Gasteiger partial charge < -0.3 is 9.11 Å². The number of hydrogen-bond acceptors (Lipinski definition) is 6. The number of hydrogen-bond donors (Lipinski definition) is 0. The van der Waals surface area contributed by atoms with Gasteiger partial charge >= 0.3 is 37.7 Å². The van der Waals surface area contributed by atoms with Gasteiger partial charge in [-0.15, -0.1) is 0 Å². The average Bonchev–Trinajstić information content (AvgIpc) is 2.37. The number of benzene rings is 2. The third-order valence-electron chi connectivity index (χ3n) is 2.17. The maximum Gasteiger partial charge on any atom is 2.00 e. The van der Waals surface area contributed by atoms with Crippen LogP contribution < -0.4 is 0 Å². The Kier molecular flexibility index (Phi) is 10.0. The van der Waals surface area contributed by atoms with E-state index in [0.29, 0.717) is 8.95 Å². The normalized spacial score (nSPS) is 11.0. The second-order valence-corrected chi connectivity index (χ2v) is 8.41. The summed E-state index contributed by atoms with van der Waals surface area (Å²) in [5.41, 5.74) is 0. The molecule has 0 amide bonds. The van der Waals surface area contributed by atoms with E-state index in [1.807, 2.05) is 0 Å². The minimum atomic E-state index is -4.31. The maximum absolute atomic E-state index is 10.4. The second kappa shape index (κ2) is 9.83. The predicted molar refractivity (Wildman–Crippen MR) is 90.0 cm³/mol. The summed E-state index contributed by atoms with van der Waals surface area (Å²) in [6.07, 6.45) is 0. The SMILES string of the molecule is O=S(=O)([O-])c1cccc(Br)c1.O=S(=O)([O-])c1cccc(Br)c1.[Ca+2]. The Morgan fingerprint density at radius 3 is 1.17 bits per heavy atom. The third kappa shape index (κ3) is 8.94. The van der Waals surface area contributed by atoms with Gasteiger partial charge in [0.2, 0.25) is 0 Å². The minimum absolute atomic E-state index is 0. The van der Waals surface area contributed by atoms with Crippen LogP contribution in [0, 0.1) is 0 Å². The monoisotopic (exact) mass is 510 g/mol. The van der Waals surface area contributed by atoms with Gasteiger partial charge in [-0.2, -0.15) is 0 Å². The van der Waals surface area contributed by atoms with Crippen LogP contribution >= 0.6 is 31.9 Å². The van der Waals surface area contributed by atoms with Gasteiger partial charge in [0.05, 0.1) is 9.79 Å². The first kappa shape index (κ1) is 23.5. The fourth-order valence-corrected chi connectivity index (χ4v) is 3.38. The molecular formula is C12H8Br2CaO6S2. The molecule has 23 heavy (non-hydrogen) atoms. The van der Waals surface area contributed by atoms with Crippen LogP contribution in [-0.4, -0.2) is 63.7 Å². The Bertz CT molecular complexity index is 795. The van der Waals surface area contributed by atoms with Crippen molar-refractivity contribution in [3.63, 3.8) is 0 Å². The molecule has 0 aliphatic rings. The Labute approximate surface area is 181 Å². The van der Waals surface area contributed by atoms with Gasteiger partial charge in [-0.05, 0) is 36.4 Å². The molecule has 2 rings (SSSR count). The van der Waals surface area contributed by atoms with Crippen molar-refractivity contribution in [1.29, 1.82) is 0 Å². The van der Waals surface area contributed by atoms with E-state index in [4.69, 9.17) is 0 Å². The molecule has 120 valence electrons. The van der Waals surface area contributed by atoms with Crippen LogP contribution in [0.2, 0.25) is 0 Å². The molecule has 0 spiro atoms. The Balaban J connectivity index is 0.000000403. The van der Waals surface area contributed by atoms with Crippen LogP contribution in [-0.2, 0) is 20.2 Å². The van der Waals surface area contributed by atoms with E-state index in [0.717, 1.165) is 0 Å². The summed E-state index contributed by atoms with van der Waals surface area (Å²) in [6.45, 7) is 0. The van der Waals surface area contributed by atoms with Crippen molar-refractivity contribution in [2.24, 2.45) is 0 Å². The van der Waals surface area contributed by atoms with E-state index in [1.54, 1.807) is 12.1 Å². The summed E-state index contributed by atoms with van der Waals surface area (Å²) in [7, 11) is -8.61. The van der Waals surface area contributed by atoms with E-state index >= 15 is 0 Å². The Morgan fingerprint density at radius 1 is 0.696 bits per heavy atom. The minimum Gasteiger partial charge on any atom is -0.744 e. The van der Waals surface area contributed by atoms with E-state index in [-0.39, 0.29) is 47.5 Å². The van der Waals surface area contributed by atoms with Gasteiger partial charge in [0.25, 0.3) is 0 Å². The van der Waals surface area contributed by atoms with E-state index in [2.05, 4.69) is 31.9 Å². The number of rotatable bonds is 2. The van der Waals surface area contributed by atoms with Crippen LogP contribution in [0.3, 0.4) is 0 Å². The maximum atomic E-state index is 10.4. The van der Waals surface area contributed by atoms with Crippen LogP contribution in [0.4, 0.5) is 0 Å². The van der Waals surface area contributed by atoms with E-state index in [9.17, 15) is 25.9 Å². The fraction of sp³-hybridized carbons (Fsp3) is 0. The summed E-state index contributed by atoms with van der Waals surface area (Å²) in [6, 6.07) is 11.3. The van der Waals surface area contributed by atoms with E-state index in [1.165, 1.54) is 36.4 Å². The van der Waals surface area contributed by atoms with Crippen LogP contribution in [0.1, 0.15) is 0 Å². The largest absolute Gasteiger partial charge is 2.00 e. The molecule has 6 nitrogen and oxygen atoms in total. The van der Waals surface area contributed by atoms with Crippen molar-refractivity contribution in [3.8, 4) is 0 Å². The zero-order chi connectivity index (χ0) is 17.0. The average molecular weight is 512 g/mol. The molecule has 0 aromatic heterocycles. The standard InChI is InChI=1S/2C6H5BrO3S.Ca/c2*7-5-2-1-3-6(4-5)11(8,9)10;/h2*1-4H,(H,8,9,10);/q;;+2/p-2. The number of halogens is 2. The van der Waals surface area contributed by atoms with Gasteiger partial charge in [-0.1, -0.05) is 44.0 Å². The second-order valence-electron chi connectivity index (χ2n) is 3.82. The fourth-order valence-electron chi connectivity index (χ4n) is 1.25. The molecule has 0 bridgehead atoms. The van der Waals surface area contributed by atoms with Crippen molar-refractivity contribution < 1.29 is 25.9 Å². The molecular weight excluding hydrogens is 504 g/mol. The van der Waals surface area contributed by atoms with Crippen molar-refractivity contribution in [2.45, 2.75) is 9.79 Å². The molecule has 0 unspecified atom stereocenters. The molecule has 11 heteroatoms. The summed E-state index contributed by atoms with van der Waals surface area (Å²) in [4.78, 5) is -0.432. The van der Waals surface area contributed by atoms with Crippen LogP contribution in [0.15, 0.2) is 67.3 Å². The molecule has 0 heterocycles. The Morgan fingerprint density at radius 2 is 1.00 bits per heavy atom. The zero-order valence-electron chi connectivity index (χ0n) is 11.3. The predicted octanol–water partition coefficient (Wildman–Crippen LogP) is 2.33. The summed E-state index contributed by atoms with van der Waals surface area (Å²) >= 11 is 6.10. The molecule has 0 saturated heterocycles. The molecule has 2 aromatic rings.